The van der Waals surface area contributed by atoms with Gasteiger partial charge in [-0.2, -0.15) is 0 Å². The van der Waals surface area contributed by atoms with Crippen LogP contribution in [-0.4, -0.2) is 36.2 Å². The van der Waals surface area contributed by atoms with Crippen LogP contribution in [0.2, 0.25) is 4.44 Å². The third-order valence-electron chi connectivity index (χ3n) is 0.525. The van der Waals surface area contributed by atoms with Crippen molar-refractivity contribution in [2.45, 2.75) is 10.9 Å². The molecule has 0 heterocycles. The van der Waals surface area contributed by atoms with Crippen molar-refractivity contribution in [3.05, 3.63) is 0 Å². The van der Waals surface area contributed by atoms with Crippen molar-refractivity contribution in [3.8, 4) is 0 Å². The van der Waals surface area contributed by atoms with E-state index in [1.807, 2.05) is 0 Å². The average molecular weight is 192 g/mol. The molecule has 0 aliphatic rings. The van der Waals surface area contributed by atoms with Crippen LogP contribution in [0.15, 0.2) is 0 Å². The van der Waals surface area contributed by atoms with E-state index in [1.165, 1.54) is 10.9 Å². The molecule has 0 saturated heterocycles. The van der Waals surface area contributed by atoms with E-state index in [-0.39, 0.29) is 0 Å². The van der Waals surface area contributed by atoms with Crippen molar-refractivity contribution in [3.63, 3.8) is 0 Å². The minimum absolute atomic E-state index is 0.936. The van der Waals surface area contributed by atoms with Crippen LogP contribution in [0, 0.1) is 0 Å². The minimum atomic E-state index is 0.936. The predicted molar refractivity (Wildman–Crippen MR) is 27.1 cm³/mol. The van der Waals surface area contributed by atoms with E-state index >= 15 is 0 Å². The first-order valence-corrected chi connectivity index (χ1v) is 4.07. The number of hydrogen-bond donors (Lipinski definition) is 0. The van der Waals surface area contributed by atoms with E-state index in [0.29, 0.717) is 0 Å². The third kappa shape index (κ3) is 4.76. The Morgan fingerprint density at radius 2 is 2.33 bits per heavy atom. The zero-order chi connectivity index (χ0) is 4.83. The standard InChI is InChI=1S/C4H9O.Sn/c1-3-4-5-2;/h1,3-4H2,2H3;. The molecule has 0 spiro atoms. The van der Waals surface area contributed by atoms with Crippen molar-refractivity contribution in [2.75, 3.05) is 13.7 Å². The van der Waals surface area contributed by atoms with Crippen LogP contribution in [0.3, 0.4) is 0 Å². The van der Waals surface area contributed by atoms with Gasteiger partial charge < -0.3 is 0 Å². The monoisotopic (exact) mass is 193 g/mol. The van der Waals surface area contributed by atoms with Crippen molar-refractivity contribution >= 4 is 22.5 Å². The first-order chi connectivity index (χ1) is 2.91. The molecule has 2 heteroatoms. The van der Waals surface area contributed by atoms with Crippen molar-refractivity contribution in [1.29, 1.82) is 0 Å². The maximum absolute atomic E-state index is 4.80. The van der Waals surface area contributed by atoms with E-state index in [9.17, 15) is 0 Å². The van der Waals surface area contributed by atoms with Crippen LogP contribution >= 0.6 is 0 Å². The van der Waals surface area contributed by atoms with Gasteiger partial charge in [0.1, 0.15) is 0 Å². The van der Waals surface area contributed by atoms with Gasteiger partial charge in [0.2, 0.25) is 0 Å². The molecule has 1 nitrogen and oxygen atoms in total. The molecular weight excluding hydrogens is 183 g/mol. The zero-order valence-electron chi connectivity index (χ0n) is 4.03. The van der Waals surface area contributed by atoms with Gasteiger partial charge in [-0.15, -0.1) is 0 Å². The molecule has 0 aromatic rings. The molecule has 0 aromatic heterocycles. The molecule has 35 valence electrons. The van der Waals surface area contributed by atoms with E-state index in [0.717, 1.165) is 6.61 Å². The molecule has 0 N–H and O–H groups in total. The second-order valence-electron chi connectivity index (χ2n) is 1.10. The van der Waals surface area contributed by atoms with Gasteiger partial charge in [0.25, 0.3) is 0 Å². The molecule has 0 saturated carbocycles. The summed E-state index contributed by atoms with van der Waals surface area (Å²) in [5, 5.41) is 0. The quantitative estimate of drug-likeness (QED) is 0.470. The van der Waals surface area contributed by atoms with Crippen LogP contribution in [0.4, 0.5) is 0 Å². The van der Waals surface area contributed by atoms with Gasteiger partial charge in [-0.3, -0.25) is 0 Å². The molecule has 0 amide bonds. The first-order valence-electron chi connectivity index (χ1n) is 2.05. The van der Waals surface area contributed by atoms with E-state index in [2.05, 4.69) is 0 Å². The fourth-order valence-electron chi connectivity index (χ4n) is 0.217. The average Bonchev–Trinajstić information content (AvgIpc) is 1.61. The van der Waals surface area contributed by atoms with Crippen LogP contribution in [0.25, 0.3) is 0 Å². The molecule has 0 atom stereocenters. The Kier molecular flexibility index (Phi) is 6.49. The van der Waals surface area contributed by atoms with Crippen LogP contribution < -0.4 is 0 Å². The summed E-state index contributed by atoms with van der Waals surface area (Å²) in [7, 11) is 1.74. The van der Waals surface area contributed by atoms with Gasteiger partial charge in [-0.25, -0.2) is 0 Å². The fourth-order valence-corrected chi connectivity index (χ4v) is 0.628. The van der Waals surface area contributed by atoms with Crippen LogP contribution in [0.1, 0.15) is 6.42 Å². The van der Waals surface area contributed by atoms with Crippen molar-refractivity contribution < 1.29 is 4.74 Å². The maximum atomic E-state index is 4.80. The Morgan fingerprint density at radius 3 is 2.50 bits per heavy atom. The third-order valence-corrected chi connectivity index (χ3v) is 1.53. The van der Waals surface area contributed by atoms with Gasteiger partial charge in [0.05, 0.1) is 0 Å². The summed E-state index contributed by atoms with van der Waals surface area (Å²) in [6.45, 7) is 0.936. The molecule has 3 radical (unpaired) electrons. The van der Waals surface area contributed by atoms with Gasteiger partial charge in [-0.1, -0.05) is 0 Å². The van der Waals surface area contributed by atoms with Crippen molar-refractivity contribution in [1.82, 2.24) is 0 Å². The molecule has 0 rings (SSSR count). The molecule has 0 fully saturated rings. The molecule has 0 bridgehead atoms. The number of rotatable bonds is 3. The Bertz CT molecular complexity index is 19.5. The molecular formula is C4H9OSn. The normalized spacial score (nSPS) is 9.00. The number of ether oxygens (including phenoxy) is 1. The van der Waals surface area contributed by atoms with Gasteiger partial charge in [-0.05, 0) is 0 Å². The van der Waals surface area contributed by atoms with Gasteiger partial charge >= 0.3 is 51.8 Å². The Morgan fingerprint density at radius 1 is 1.67 bits per heavy atom. The molecule has 0 aromatic carbocycles. The SMILES string of the molecule is COCC[CH2][Sn]. The second-order valence-corrected chi connectivity index (χ2v) is 2.52. The van der Waals surface area contributed by atoms with E-state index < -0.39 is 0 Å². The topological polar surface area (TPSA) is 9.23 Å². The van der Waals surface area contributed by atoms with E-state index in [4.69, 9.17) is 4.74 Å². The zero-order valence-corrected chi connectivity index (χ0v) is 6.88. The Balaban J connectivity index is 2.34. The molecule has 0 unspecified atom stereocenters. The molecule has 6 heavy (non-hydrogen) atoms. The summed E-state index contributed by atoms with van der Waals surface area (Å²) >= 11 is 1.61. The first kappa shape index (κ1) is 6.76. The van der Waals surface area contributed by atoms with Gasteiger partial charge in [0.15, 0.2) is 0 Å². The number of methoxy groups -OCH3 is 1. The Labute approximate surface area is 52.2 Å². The summed E-state index contributed by atoms with van der Waals surface area (Å²) in [5.41, 5.74) is 0. The summed E-state index contributed by atoms with van der Waals surface area (Å²) in [6, 6.07) is 0. The van der Waals surface area contributed by atoms with Crippen LogP contribution in [-0.2, 0) is 4.74 Å². The second kappa shape index (κ2) is 5.76. The fraction of sp³-hybridized carbons (Fsp3) is 1.00. The summed E-state index contributed by atoms with van der Waals surface area (Å²) in [4.78, 5) is 0. The van der Waals surface area contributed by atoms with E-state index in [1.54, 1.807) is 29.6 Å². The predicted octanol–water partition coefficient (Wildman–Crippen LogP) is 0.610. The summed E-state index contributed by atoms with van der Waals surface area (Å²) in [5.74, 6) is 0. The van der Waals surface area contributed by atoms with Gasteiger partial charge in [0, 0.05) is 0 Å². The van der Waals surface area contributed by atoms with Crippen molar-refractivity contribution in [2.24, 2.45) is 0 Å². The molecule has 0 aliphatic heterocycles. The summed E-state index contributed by atoms with van der Waals surface area (Å²) in [6.07, 6.45) is 1.23. The summed E-state index contributed by atoms with van der Waals surface area (Å²) < 4.78 is 6.12. The van der Waals surface area contributed by atoms with Crippen LogP contribution in [0.5, 0.6) is 0 Å². The molecule has 0 aliphatic carbocycles. The number of hydrogen-bond acceptors (Lipinski definition) is 1. The Hall–Kier alpha value is 0.759.